The third-order valence-corrected chi connectivity index (χ3v) is 2.72. The molecule has 0 bridgehead atoms. The lowest BCUT2D eigenvalue weighted by Gasteiger charge is -2.06. The van der Waals surface area contributed by atoms with Crippen molar-refractivity contribution in [3.05, 3.63) is 28.1 Å². The second-order valence-corrected chi connectivity index (χ2v) is 4.00. The van der Waals surface area contributed by atoms with Gasteiger partial charge in [-0.1, -0.05) is 28.4 Å². The summed E-state index contributed by atoms with van der Waals surface area (Å²) in [6.07, 6.45) is 0. The Balaban J connectivity index is 2.54. The first kappa shape index (κ1) is 12.2. The minimum absolute atomic E-state index is 0.169. The highest BCUT2D eigenvalue weighted by Gasteiger charge is 2.15. The fourth-order valence-electron chi connectivity index (χ4n) is 1.32. The van der Waals surface area contributed by atoms with Gasteiger partial charge >= 0.3 is 0 Å². The predicted molar refractivity (Wildman–Crippen MR) is 64.2 cm³/mol. The third kappa shape index (κ3) is 2.36. The van der Waals surface area contributed by atoms with Gasteiger partial charge in [0.05, 0.1) is 18.7 Å². The number of methoxy groups -OCH3 is 1. The molecule has 1 heterocycles. The first-order valence-electron chi connectivity index (χ1n) is 4.71. The third-order valence-electron chi connectivity index (χ3n) is 2.11. The van der Waals surface area contributed by atoms with E-state index in [0.29, 0.717) is 33.1 Å². The van der Waals surface area contributed by atoms with Crippen molar-refractivity contribution in [3.63, 3.8) is 0 Å². The molecule has 0 atom stereocenters. The number of nitrogens with two attached hydrogens (primary N) is 1. The predicted octanol–water partition coefficient (Wildman–Crippen LogP) is 2.51. The van der Waals surface area contributed by atoms with Gasteiger partial charge in [0.2, 0.25) is 11.7 Å². The van der Waals surface area contributed by atoms with E-state index in [-0.39, 0.29) is 6.54 Å². The van der Waals surface area contributed by atoms with Gasteiger partial charge in [-0.3, -0.25) is 0 Å². The summed E-state index contributed by atoms with van der Waals surface area (Å²) in [5, 5.41) is 4.62. The molecule has 0 aliphatic heterocycles. The number of hydrogen-bond donors (Lipinski definition) is 1. The number of halogens is 2. The van der Waals surface area contributed by atoms with Crippen molar-refractivity contribution in [1.29, 1.82) is 0 Å². The Bertz CT molecular complexity index is 542. The zero-order valence-corrected chi connectivity index (χ0v) is 10.4. The van der Waals surface area contributed by atoms with Crippen LogP contribution >= 0.6 is 23.2 Å². The fourth-order valence-corrected chi connectivity index (χ4v) is 1.80. The molecule has 2 N–H and O–H groups in total. The number of rotatable bonds is 3. The van der Waals surface area contributed by atoms with Crippen molar-refractivity contribution in [1.82, 2.24) is 10.1 Å². The van der Waals surface area contributed by atoms with Crippen LogP contribution in [0.4, 0.5) is 0 Å². The van der Waals surface area contributed by atoms with Gasteiger partial charge < -0.3 is 15.0 Å². The summed E-state index contributed by atoms with van der Waals surface area (Å²) >= 11 is 12.1. The van der Waals surface area contributed by atoms with Gasteiger partial charge in [0.25, 0.3) is 0 Å². The van der Waals surface area contributed by atoms with Crippen LogP contribution in [-0.4, -0.2) is 17.3 Å². The average molecular weight is 274 g/mol. The Morgan fingerprint density at radius 1 is 1.41 bits per heavy atom. The van der Waals surface area contributed by atoms with Gasteiger partial charge in [0.15, 0.2) is 0 Å². The van der Waals surface area contributed by atoms with E-state index in [1.54, 1.807) is 12.1 Å². The molecule has 17 heavy (non-hydrogen) atoms. The Labute approximate surface area is 107 Å². The largest absolute Gasteiger partial charge is 0.495 e. The number of aromatic nitrogens is 2. The molecule has 0 saturated heterocycles. The number of benzene rings is 1. The molecule has 1 aromatic heterocycles. The molecule has 7 heteroatoms. The summed E-state index contributed by atoms with van der Waals surface area (Å²) < 4.78 is 10.0. The van der Waals surface area contributed by atoms with E-state index in [4.69, 9.17) is 38.2 Å². The Morgan fingerprint density at radius 3 is 2.76 bits per heavy atom. The second-order valence-electron chi connectivity index (χ2n) is 3.19. The molecule has 0 aliphatic carbocycles. The van der Waals surface area contributed by atoms with Crippen molar-refractivity contribution in [2.75, 3.05) is 7.11 Å². The van der Waals surface area contributed by atoms with Crippen molar-refractivity contribution < 1.29 is 9.26 Å². The maximum absolute atomic E-state index is 6.13. The number of nitrogens with zero attached hydrogens (tertiary/aromatic N) is 2. The molecule has 90 valence electrons. The van der Waals surface area contributed by atoms with Crippen LogP contribution in [0.1, 0.15) is 5.89 Å². The second kappa shape index (κ2) is 4.91. The van der Waals surface area contributed by atoms with E-state index < -0.39 is 0 Å². The molecule has 2 rings (SSSR count). The summed E-state index contributed by atoms with van der Waals surface area (Å²) in [7, 11) is 1.50. The van der Waals surface area contributed by atoms with E-state index >= 15 is 0 Å². The summed E-state index contributed by atoms with van der Waals surface area (Å²) in [5.41, 5.74) is 5.93. The van der Waals surface area contributed by atoms with Crippen molar-refractivity contribution in [3.8, 4) is 17.1 Å². The zero-order valence-electron chi connectivity index (χ0n) is 8.91. The molecule has 2 aromatic rings. The van der Waals surface area contributed by atoms with Gasteiger partial charge in [-0.05, 0) is 6.07 Å². The number of ether oxygens (including phenoxy) is 1. The highest BCUT2D eigenvalue weighted by molar-refractivity contribution is 6.36. The molecule has 1 aromatic carbocycles. The summed E-state index contributed by atoms with van der Waals surface area (Å²) in [4.78, 5) is 4.07. The highest BCUT2D eigenvalue weighted by Crippen LogP contribution is 2.36. The molecule has 0 saturated carbocycles. The van der Waals surface area contributed by atoms with E-state index in [1.165, 1.54) is 7.11 Å². The molecule has 0 radical (unpaired) electrons. The maximum atomic E-state index is 6.13. The molecule has 0 aliphatic rings. The Kier molecular flexibility index (Phi) is 3.51. The minimum Gasteiger partial charge on any atom is -0.495 e. The lowest BCUT2D eigenvalue weighted by molar-refractivity contribution is 0.380. The molecule has 5 nitrogen and oxygen atoms in total. The van der Waals surface area contributed by atoms with Crippen molar-refractivity contribution in [2.24, 2.45) is 5.73 Å². The SMILES string of the molecule is COc1cc(Cl)cc(-c2noc(CN)n2)c1Cl. The van der Waals surface area contributed by atoms with Gasteiger partial charge in [-0.2, -0.15) is 4.98 Å². The Hall–Kier alpha value is -1.30. The van der Waals surface area contributed by atoms with Crippen LogP contribution in [0.3, 0.4) is 0 Å². The summed E-state index contributed by atoms with van der Waals surface area (Å²) in [6, 6.07) is 3.24. The van der Waals surface area contributed by atoms with Gasteiger partial charge in [-0.25, -0.2) is 0 Å². The first-order valence-corrected chi connectivity index (χ1v) is 5.47. The monoisotopic (exact) mass is 273 g/mol. The molecular weight excluding hydrogens is 265 g/mol. The highest BCUT2D eigenvalue weighted by atomic mass is 35.5. The van der Waals surface area contributed by atoms with Crippen molar-refractivity contribution in [2.45, 2.75) is 6.54 Å². The first-order chi connectivity index (χ1) is 8.15. The molecule has 0 spiro atoms. The lowest BCUT2D eigenvalue weighted by atomic mass is 10.2. The van der Waals surface area contributed by atoms with Crippen LogP contribution in [0.2, 0.25) is 10.0 Å². The lowest BCUT2D eigenvalue weighted by Crippen LogP contribution is -1.96. The van der Waals surface area contributed by atoms with Crippen LogP contribution in [0.25, 0.3) is 11.4 Å². The van der Waals surface area contributed by atoms with Gasteiger partial charge in [0, 0.05) is 16.7 Å². The van der Waals surface area contributed by atoms with Crippen LogP contribution < -0.4 is 10.5 Å². The maximum Gasteiger partial charge on any atom is 0.240 e. The molecular formula is C10H9Cl2N3O2. The molecule has 0 unspecified atom stereocenters. The van der Waals surface area contributed by atoms with Gasteiger partial charge in [0.1, 0.15) is 5.75 Å². The van der Waals surface area contributed by atoms with Gasteiger partial charge in [-0.15, -0.1) is 0 Å². The quantitative estimate of drug-likeness (QED) is 0.930. The minimum atomic E-state index is 0.169. The van der Waals surface area contributed by atoms with Crippen LogP contribution in [0.15, 0.2) is 16.7 Å². The Morgan fingerprint density at radius 2 is 2.18 bits per heavy atom. The van der Waals surface area contributed by atoms with E-state index in [0.717, 1.165) is 0 Å². The summed E-state index contributed by atoms with van der Waals surface area (Å²) in [5.74, 6) is 1.11. The van der Waals surface area contributed by atoms with E-state index in [9.17, 15) is 0 Å². The van der Waals surface area contributed by atoms with Crippen molar-refractivity contribution >= 4 is 23.2 Å². The molecule has 0 amide bonds. The average Bonchev–Trinajstić information content (AvgIpc) is 2.80. The normalized spacial score (nSPS) is 10.6. The van der Waals surface area contributed by atoms with E-state index in [2.05, 4.69) is 10.1 Å². The standard InChI is InChI=1S/C10H9Cl2N3O2/c1-16-7-3-5(11)2-6(9(7)12)10-14-8(4-13)17-15-10/h2-3H,4,13H2,1H3. The molecule has 0 fully saturated rings. The fraction of sp³-hybridized carbons (Fsp3) is 0.200. The summed E-state index contributed by atoms with van der Waals surface area (Å²) in [6.45, 7) is 0.169. The zero-order chi connectivity index (χ0) is 12.4. The number of hydrogen-bond acceptors (Lipinski definition) is 5. The topological polar surface area (TPSA) is 74.2 Å². The van der Waals surface area contributed by atoms with Crippen LogP contribution in [-0.2, 0) is 6.54 Å². The smallest absolute Gasteiger partial charge is 0.240 e. The van der Waals surface area contributed by atoms with Crippen LogP contribution in [0, 0.1) is 0 Å². The van der Waals surface area contributed by atoms with Crippen LogP contribution in [0.5, 0.6) is 5.75 Å². The van der Waals surface area contributed by atoms with E-state index in [1.807, 2.05) is 0 Å².